The minimum Gasteiger partial charge on any atom is -0.481 e. The summed E-state index contributed by atoms with van der Waals surface area (Å²) in [5.74, 6) is -1.16. The van der Waals surface area contributed by atoms with Gasteiger partial charge in [0.2, 0.25) is 0 Å². The van der Waals surface area contributed by atoms with Crippen molar-refractivity contribution in [3.63, 3.8) is 0 Å². The van der Waals surface area contributed by atoms with Crippen LogP contribution in [0, 0.1) is 10.1 Å². The van der Waals surface area contributed by atoms with Gasteiger partial charge in [0.25, 0.3) is 0 Å². The molecular formula is C11H12F3N3O4. The number of pyridine rings is 1. The van der Waals surface area contributed by atoms with Crippen molar-refractivity contribution < 1.29 is 28.0 Å². The topological polar surface area (TPSA) is 105 Å². The highest BCUT2D eigenvalue weighted by Crippen LogP contribution is 2.33. The summed E-state index contributed by atoms with van der Waals surface area (Å²) in [7, 11) is 0. The molecule has 0 spiro atoms. The average Bonchev–Trinajstić information content (AvgIpc) is 2.35. The van der Waals surface area contributed by atoms with Crippen LogP contribution in [0.2, 0.25) is 0 Å². The molecule has 0 saturated carbocycles. The van der Waals surface area contributed by atoms with Crippen LogP contribution in [-0.4, -0.2) is 27.0 Å². The van der Waals surface area contributed by atoms with Crippen LogP contribution in [0.25, 0.3) is 0 Å². The van der Waals surface area contributed by atoms with Gasteiger partial charge in [-0.25, -0.2) is 4.98 Å². The van der Waals surface area contributed by atoms with Crippen LogP contribution >= 0.6 is 0 Å². The Morgan fingerprint density at radius 2 is 2.19 bits per heavy atom. The molecule has 1 atom stereocenters. The zero-order valence-electron chi connectivity index (χ0n) is 10.8. The van der Waals surface area contributed by atoms with E-state index in [4.69, 9.17) is 5.11 Å². The van der Waals surface area contributed by atoms with Gasteiger partial charge < -0.3 is 10.4 Å². The monoisotopic (exact) mass is 307 g/mol. The van der Waals surface area contributed by atoms with Crippen molar-refractivity contribution in [1.29, 1.82) is 0 Å². The molecule has 0 aliphatic carbocycles. The number of carboxylic acids is 1. The van der Waals surface area contributed by atoms with E-state index < -0.39 is 40.2 Å². The number of anilines is 1. The van der Waals surface area contributed by atoms with Crippen molar-refractivity contribution in [3.05, 3.63) is 28.1 Å². The van der Waals surface area contributed by atoms with Gasteiger partial charge in [-0.2, -0.15) is 13.2 Å². The predicted octanol–water partition coefficient (Wildman–Crippen LogP) is 2.67. The molecule has 0 aliphatic heterocycles. The number of hydrogen-bond donors (Lipinski definition) is 2. The summed E-state index contributed by atoms with van der Waals surface area (Å²) in [6.07, 6.45) is -4.36. The van der Waals surface area contributed by atoms with Gasteiger partial charge in [0.05, 0.1) is 11.3 Å². The summed E-state index contributed by atoms with van der Waals surface area (Å²) in [5.41, 5.74) is -2.34. The minimum absolute atomic E-state index is 0.271. The van der Waals surface area contributed by atoms with E-state index in [0.717, 1.165) is 0 Å². The van der Waals surface area contributed by atoms with Crippen LogP contribution in [0.5, 0.6) is 0 Å². The molecule has 0 aliphatic rings. The zero-order chi connectivity index (χ0) is 16.2. The van der Waals surface area contributed by atoms with Crippen LogP contribution in [-0.2, 0) is 11.0 Å². The maximum atomic E-state index is 12.6. The lowest BCUT2D eigenvalue weighted by Gasteiger charge is -2.17. The summed E-state index contributed by atoms with van der Waals surface area (Å²) >= 11 is 0. The van der Waals surface area contributed by atoms with Crippen LogP contribution in [0.3, 0.4) is 0 Å². The Balaban J connectivity index is 3.17. The number of rotatable bonds is 6. The van der Waals surface area contributed by atoms with Gasteiger partial charge in [0, 0.05) is 6.04 Å². The second kappa shape index (κ2) is 6.37. The van der Waals surface area contributed by atoms with Gasteiger partial charge >= 0.3 is 17.8 Å². The Labute approximate surface area is 116 Å². The van der Waals surface area contributed by atoms with E-state index in [1.807, 2.05) is 0 Å². The molecule has 1 aromatic heterocycles. The summed E-state index contributed by atoms with van der Waals surface area (Å²) < 4.78 is 37.7. The van der Waals surface area contributed by atoms with Gasteiger partial charge in [-0.1, -0.05) is 6.92 Å². The summed E-state index contributed by atoms with van der Waals surface area (Å²) in [6.45, 7) is 1.61. The lowest BCUT2D eigenvalue weighted by atomic mass is 10.1. The van der Waals surface area contributed by atoms with Crippen molar-refractivity contribution in [2.24, 2.45) is 0 Å². The predicted molar refractivity (Wildman–Crippen MR) is 65.8 cm³/mol. The smallest absolute Gasteiger partial charge is 0.433 e. The molecule has 1 aromatic rings. The van der Waals surface area contributed by atoms with Crippen LogP contribution < -0.4 is 5.32 Å². The summed E-state index contributed by atoms with van der Waals surface area (Å²) in [5, 5.41) is 22.0. The number of carboxylic acid groups (broad SMARTS) is 1. The van der Waals surface area contributed by atoms with Crippen molar-refractivity contribution >= 4 is 17.3 Å². The van der Waals surface area contributed by atoms with Crippen molar-refractivity contribution in [1.82, 2.24) is 4.98 Å². The van der Waals surface area contributed by atoms with Gasteiger partial charge in [-0.3, -0.25) is 14.9 Å². The number of aliphatic carboxylic acids is 1. The van der Waals surface area contributed by atoms with E-state index in [-0.39, 0.29) is 12.8 Å². The second-order valence-corrected chi connectivity index (χ2v) is 4.19. The van der Waals surface area contributed by atoms with Crippen LogP contribution in [0.4, 0.5) is 24.5 Å². The molecule has 10 heteroatoms. The minimum atomic E-state index is -4.75. The lowest BCUT2D eigenvalue weighted by Crippen LogP contribution is -2.23. The lowest BCUT2D eigenvalue weighted by molar-refractivity contribution is -0.384. The first-order valence-corrected chi connectivity index (χ1v) is 5.85. The molecule has 0 radical (unpaired) electrons. The van der Waals surface area contributed by atoms with Gasteiger partial charge in [0.15, 0.2) is 0 Å². The first-order valence-electron chi connectivity index (χ1n) is 5.85. The molecule has 1 rings (SSSR count). The molecule has 0 bridgehead atoms. The fourth-order valence-electron chi connectivity index (χ4n) is 1.59. The molecule has 2 N–H and O–H groups in total. The molecule has 0 saturated heterocycles. The van der Waals surface area contributed by atoms with E-state index in [1.165, 1.54) is 0 Å². The first kappa shape index (κ1) is 16.7. The SMILES string of the molecule is CCC(CC(=O)O)Nc1cc(C(F)(F)F)ncc1[N+](=O)[O-]. The highest BCUT2D eigenvalue weighted by molar-refractivity contribution is 5.69. The van der Waals surface area contributed by atoms with E-state index in [0.29, 0.717) is 12.3 Å². The number of halogens is 3. The molecule has 0 aromatic carbocycles. The number of nitro groups is 1. The summed E-state index contributed by atoms with van der Waals surface area (Å²) in [4.78, 5) is 23.6. The number of carbonyl (C=O) groups is 1. The average molecular weight is 307 g/mol. The fraction of sp³-hybridized carbons (Fsp3) is 0.455. The molecular weight excluding hydrogens is 295 g/mol. The molecule has 7 nitrogen and oxygen atoms in total. The number of nitrogens with zero attached hydrogens (tertiary/aromatic N) is 2. The van der Waals surface area contributed by atoms with Crippen molar-refractivity contribution in [2.75, 3.05) is 5.32 Å². The zero-order valence-corrected chi connectivity index (χ0v) is 10.8. The van der Waals surface area contributed by atoms with Crippen LogP contribution in [0.1, 0.15) is 25.5 Å². The number of aromatic nitrogens is 1. The highest BCUT2D eigenvalue weighted by atomic mass is 19.4. The Kier molecular flexibility index (Phi) is 5.06. The van der Waals surface area contributed by atoms with Crippen molar-refractivity contribution in [2.45, 2.75) is 32.0 Å². The number of alkyl halides is 3. The number of hydrogen-bond acceptors (Lipinski definition) is 5. The van der Waals surface area contributed by atoms with E-state index in [2.05, 4.69) is 10.3 Å². The summed E-state index contributed by atoms with van der Waals surface area (Å²) in [6, 6.07) is -0.229. The van der Waals surface area contributed by atoms with Crippen LogP contribution in [0.15, 0.2) is 12.3 Å². The number of nitrogens with one attached hydrogen (secondary N) is 1. The maximum absolute atomic E-state index is 12.6. The largest absolute Gasteiger partial charge is 0.481 e. The van der Waals surface area contributed by atoms with E-state index >= 15 is 0 Å². The van der Waals surface area contributed by atoms with Gasteiger partial charge in [0.1, 0.15) is 17.6 Å². The molecule has 1 heterocycles. The van der Waals surface area contributed by atoms with Crippen molar-refractivity contribution in [3.8, 4) is 0 Å². The Bertz CT molecular complexity index is 548. The van der Waals surface area contributed by atoms with E-state index in [9.17, 15) is 28.1 Å². The molecule has 21 heavy (non-hydrogen) atoms. The van der Waals surface area contributed by atoms with Gasteiger partial charge in [-0.15, -0.1) is 0 Å². The molecule has 0 amide bonds. The third-order valence-corrected chi connectivity index (χ3v) is 2.64. The third-order valence-electron chi connectivity index (χ3n) is 2.64. The normalized spacial score (nSPS) is 12.8. The second-order valence-electron chi connectivity index (χ2n) is 4.19. The Hall–Kier alpha value is -2.39. The first-order chi connectivity index (χ1) is 9.65. The standard InChI is InChI=1S/C11H12F3N3O4/c1-2-6(3-10(18)19)16-7-4-9(11(12,13)14)15-5-8(7)17(20)21/h4-6H,2-3H2,1H3,(H,15,16)(H,18,19). The molecule has 1 unspecified atom stereocenters. The third kappa shape index (κ3) is 4.58. The van der Waals surface area contributed by atoms with E-state index in [1.54, 1.807) is 6.92 Å². The molecule has 0 fully saturated rings. The Morgan fingerprint density at radius 3 is 2.62 bits per heavy atom. The quantitative estimate of drug-likeness (QED) is 0.618. The highest BCUT2D eigenvalue weighted by Gasteiger charge is 2.34. The Morgan fingerprint density at radius 1 is 1.57 bits per heavy atom. The molecule has 116 valence electrons. The maximum Gasteiger partial charge on any atom is 0.433 e. The fourth-order valence-corrected chi connectivity index (χ4v) is 1.59. The van der Waals surface area contributed by atoms with Gasteiger partial charge in [-0.05, 0) is 12.5 Å².